The highest BCUT2D eigenvalue weighted by molar-refractivity contribution is 4.88. The summed E-state index contributed by atoms with van der Waals surface area (Å²) in [7, 11) is 0. The Bertz CT molecular complexity index is 351. The summed E-state index contributed by atoms with van der Waals surface area (Å²) < 4.78 is 10.8. The van der Waals surface area contributed by atoms with Gasteiger partial charge in [-0.3, -0.25) is 4.90 Å². The molecule has 1 saturated heterocycles. The van der Waals surface area contributed by atoms with E-state index in [4.69, 9.17) is 9.26 Å². The van der Waals surface area contributed by atoms with Crippen molar-refractivity contribution in [3.8, 4) is 0 Å². The molecule has 1 aliphatic rings. The van der Waals surface area contributed by atoms with Gasteiger partial charge in [-0.05, 0) is 12.8 Å². The van der Waals surface area contributed by atoms with Crippen LogP contribution in [0.4, 0.5) is 0 Å². The molecule has 0 aromatic carbocycles. The third-order valence-corrected chi connectivity index (χ3v) is 2.79. The molecule has 0 N–H and O–H groups in total. The maximum atomic E-state index is 5.50. The third-order valence-electron chi connectivity index (χ3n) is 2.79. The van der Waals surface area contributed by atoms with E-state index in [0.717, 1.165) is 44.4 Å². The molecule has 0 radical (unpaired) electrons. The highest BCUT2D eigenvalue weighted by Crippen LogP contribution is 2.10. The molecule has 1 aliphatic heterocycles. The van der Waals surface area contributed by atoms with E-state index >= 15 is 0 Å². The van der Waals surface area contributed by atoms with Crippen LogP contribution in [-0.2, 0) is 17.7 Å². The van der Waals surface area contributed by atoms with E-state index < -0.39 is 0 Å². The van der Waals surface area contributed by atoms with E-state index in [1.807, 2.05) is 0 Å². The minimum Gasteiger partial charge on any atom is -0.376 e. The lowest BCUT2D eigenvalue weighted by atomic mass is 10.1. The molecule has 1 aromatic rings. The van der Waals surface area contributed by atoms with Gasteiger partial charge in [0, 0.05) is 19.5 Å². The highest BCUT2D eigenvalue weighted by atomic mass is 16.5. The largest absolute Gasteiger partial charge is 0.376 e. The molecule has 17 heavy (non-hydrogen) atoms. The molecule has 1 atom stereocenters. The van der Waals surface area contributed by atoms with Gasteiger partial charge >= 0.3 is 0 Å². The van der Waals surface area contributed by atoms with E-state index in [1.165, 1.54) is 0 Å². The molecule has 0 bridgehead atoms. The van der Waals surface area contributed by atoms with Crippen LogP contribution in [0.5, 0.6) is 0 Å². The van der Waals surface area contributed by atoms with Crippen molar-refractivity contribution in [2.24, 2.45) is 5.92 Å². The van der Waals surface area contributed by atoms with Crippen molar-refractivity contribution < 1.29 is 9.26 Å². The normalized spacial score (nSPS) is 22.2. The first-order chi connectivity index (χ1) is 8.13. The zero-order valence-electron chi connectivity index (χ0n) is 10.8. The van der Waals surface area contributed by atoms with E-state index in [1.54, 1.807) is 0 Å². The predicted molar refractivity (Wildman–Crippen MR) is 63.5 cm³/mol. The fourth-order valence-corrected chi connectivity index (χ4v) is 2.03. The Hall–Kier alpha value is -0.940. The van der Waals surface area contributed by atoms with Gasteiger partial charge in [0.2, 0.25) is 5.89 Å². The van der Waals surface area contributed by atoms with Crippen LogP contribution in [0.25, 0.3) is 0 Å². The fraction of sp³-hybridized carbons (Fsp3) is 0.833. The van der Waals surface area contributed by atoms with E-state index in [9.17, 15) is 0 Å². The lowest BCUT2D eigenvalue weighted by Gasteiger charge is -2.29. The van der Waals surface area contributed by atoms with Crippen molar-refractivity contribution in [1.29, 1.82) is 0 Å². The lowest BCUT2D eigenvalue weighted by molar-refractivity contribution is -0.0240. The molecular formula is C12H21N3O2. The Balaban J connectivity index is 1.87. The summed E-state index contributed by atoms with van der Waals surface area (Å²) in [5.74, 6) is 2.09. The summed E-state index contributed by atoms with van der Waals surface area (Å²) in [4.78, 5) is 6.70. The molecule has 0 amide bonds. The van der Waals surface area contributed by atoms with E-state index in [0.29, 0.717) is 12.0 Å². The molecule has 2 heterocycles. The second-order valence-corrected chi connectivity index (χ2v) is 5.12. The smallest absolute Gasteiger partial charge is 0.240 e. The zero-order chi connectivity index (χ0) is 12.3. The van der Waals surface area contributed by atoms with Crippen LogP contribution in [0, 0.1) is 5.92 Å². The van der Waals surface area contributed by atoms with Crippen molar-refractivity contribution in [2.75, 3.05) is 19.7 Å². The molecular weight excluding hydrogens is 218 g/mol. The van der Waals surface area contributed by atoms with Crippen LogP contribution in [0.1, 0.15) is 32.5 Å². The van der Waals surface area contributed by atoms with Gasteiger partial charge in [0.05, 0.1) is 19.3 Å². The first kappa shape index (κ1) is 12.5. The number of rotatable bonds is 4. The average molecular weight is 239 g/mol. The van der Waals surface area contributed by atoms with Crippen LogP contribution < -0.4 is 0 Å². The van der Waals surface area contributed by atoms with E-state index in [2.05, 4.69) is 35.8 Å². The number of ether oxygens (including phenoxy) is 1. The van der Waals surface area contributed by atoms with Gasteiger partial charge in [-0.15, -0.1) is 0 Å². The van der Waals surface area contributed by atoms with Crippen LogP contribution in [-0.4, -0.2) is 40.8 Å². The van der Waals surface area contributed by atoms with Gasteiger partial charge in [0.25, 0.3) is 0 Å². The number of hydrogen-bond donors (Lipinski definition) is 0. The van der Waals surface area contributed by atoms with Crippen LogP contribution in [0.3, 0.4) is 0 Å². The molecule has 5 heteroatoms. The highest BCUT2D eigenvalue weighted by Gasteiger charge is 2.19. The Kier molecular flexibility index (Phi) is 4.12. The maximum absolute atomic E-state index is 5.50. The molecule has 0 saturated carbocycles. The number of morpholine rings is 1. The van der Waals surface area contributed by atoms with Crippen molar-refractivity contribution in [1.82, 2.24) is 15.0 Å². The van der Waals surface area contributed by atoms with Crippen molar-refractivity contribution in [2.45, 2.75) is 39.8 Å². The summed E-state index contributed by atoms with van der Waals surface area (Å²) in [5.41, 5.74) is 0. The van der Waals surface area contributed by atoms with Crippen molar-refractivity contribution in [3.05, 3.63) is 11.7 Å². The standard InChI is InChI=1S/C12H21N3O2/c1-9(2)6-11-13-12(17-14-11)8-15-4-5-16-10(3)7-15/h9-10H,4-8H2,1-3H3/t10-/m1/s1. The second-order valence-electron chi connectivity index (χ2n) is 5.12. The first-order valence-corrected chi connectivity index (χ1v) is 6.29. The molecule has 0 spiro atoms. The molecule has 0 unspecified atom stereocenters. The molecule has 96 valence electrons. The van der Waals surface area contributed by atoms with Gasteiger partial charge in [-0.1, -0.05) is 19.0 Å². The quantitative estimate of drug-likeness (QED) is 0.796. The lowest BCUT2D eigenvalue weighted by Crippen LogP contribution is -2.40. The Labute approximate surface area is 102 Å². The summed E-state index contributed by atoms with van der Waals surface area (Å²) >= 11 is 0. The van der Waals surface area contributed by atoms with Crippen LogP contribution in [0.15, 0.2) is 4.52 Å². The topological polar surface area (TPSA) is 51.4 Å². The van der Waals surface area contributed by atoms with Gasteiger partial charge in [0.1, 0.15) is 0 Å². The molecule has 5 nitrogen and oxygen atoms in total. The van der Waals surface area contributed by atoms with Gasteiger partial charge in [-0.25, -0.2) is 0 Å². The minimum atomic E-state index is 0.293. The number of hydrogen-bond acceptors (Lipinski definition) is 5. The summed E-state index contributed by atoms with van der Waals surface area (Å²) in [6.45, 7) is 9.78. The van der Waals surface area contributed by atoms with Gasteiger partial charge in [0.15, 0.2) is 5.82 Å². The summed E-state index contributed by atoms with van der Waals surface area (Å²) in [6, 6.07) is 0. The van der Waals surface area contributed by atoms with Gasteiger partial charge < -0.3 is 9.26 Å². The van der Waals surface area contributed by atoms with Crippen LogP contribution in [0.2, 0.25) is 0 Å². The average Bonchev–Trinajstić information content (AvgIpc) is 2.64. The maximum Gasteiger partial charge on any atom is 0.240 e. The summed E-state index contributed by atoms with van der Waals surface area (Å²) in [6.07, 6.45) is 1.17. The minimum absolute atomic E-state index is 0.293. The van der Waals surface area contributed by atoms with Crippen molar-refractivity contribution >= 4 is 0 Å². The fourth-order valence-electron chi connectivity index (χ4n) is 2.03. The molecule has 1 fully saturated rings. The molecule has 2 rings (SSSR count). The van der Waals surface area contributed by atoms with Crippen LogP contribution >= 0.6 is 0 Å². The number of nitrogens with zero attached hydrogens (tertiary/aromatic N) is 3. The Morgan fingerprint density at radius 1 is 1.47 bits per heavy atom. The summed E-state index contributed by atoms with van der Waals surface area (Å²) in [5, 5.41) is 4.00. The predicted octanol–water partition coefficient (Wildman–Crippen LogP) is 1.49. The van der Waals surface area contributed by atoms with E-state index in [-0.39, 0.29) is 0 Å². The van der Waals surface area contributed by atoms with Gasteiger partial charge in [-0.2, -0.15) is 4.98 Å². The zero-order valence-corrected chi connectivity index (χ0v) is 10.8. The molecule has 0 aliphatic carbocycles. The third kappa shape index (κ3) is 3.78. The monoisotopic (exact) mass is 239 g/mol. The molecule has 1 aromatic heterocycles. The first-order valence-electron chi connectivity index (χ1n) is 6.29. The SMILES string of the molecule is CC(C)Cc1noc(CN2CCO[C@H](C)C2)n1. The Morgan fingerprint density at radius 2 is 2.29 bits per heavy atom. The Morgan fingerprint density at radius 3 is 3.00 bits per heavy atom. The van der Waals surface area contributed by atoms with Crippen molar-refractivity contribution in [3.63, 3.8) is 0 Å². The second kappa shape index (κ2) is 5.60. The number of aromatic nitrogens is 2.